The molecule has 0 atom stereocenters. The molecule has 1 saturated heterocycles. The summed E-state index contributed by atoms with van der Waals surface area (Å²) >= 11 is 0. The molecule has 2 fully saturated rings. The van der Waals surface area contributed by atoms with Crippen molar-refractivity contribution in [2.24, 2.45) is 5.92 Å². The summed E-state index contributed by atoms with van der Waals surface area (Å²) in [5, 5.41) is 2.22. The van der Waals surface area contributed by atoms with Gasteiger partial charge in [0.1, 0.15) is 34.5 Å². The highest BCUT2D eigenvalue weighted by Gasteiger charge is 2.35. The summed E-state index contributed by atoms with van der Waals surface area (Å²) in [5.74, 6) is -5.19. The van der Waals surface area contributed by atoms with Gasteiger partial charge < -0.3 is 15.1 Å². The molecule has 7 nitrogen and oxygen atoms in total. The lowest BCUT2D eigenvalue weighted by atomic mass is 10.1. The number of hydrogen-bond acceptors (Lipinski definition) is 4. The molecule has 0 spiro atoms. The first-order valence-electron chi connectivity index (χ1n) is 9.84. The fraction of sp³-hybridized carbons (Fsp3) is 0.333. The average molecular weight is 432 g/mol. The molecule has 3 amide bonds. The van der Waals surface area contributed by atoms with Gasteiger partial charge in [-0.15, -0.1) is 0 Å². The van der Waals surface area contributed by atoms with E-state index in [4.69, 9.17) is 0 Å². The number of benzene rings is 1. The first-order valence-corrected chi connectivity index (χ1v) is 9.84. The molecule has 0 bridgehead atoms. The molecule has 2 aromatic rings. The topological polar surface area (TPSA) is 82.6 Å². The highest BCUT2D eigenvalue weighted by Crippen LogP contribution is 2.31. The Hall–Kier alpha value is -3.43. The van der Waals surface area contributed by atoms with Crippen molar-refractivity contribution in [3.05, 3.63) is 59.0 Å². The Morgan fingerprint density at radius 2 is 1.55 bits per heavy atom. The van der Waals surface area contributed by atoms with Crippen molar-refractivity contribution in [2.45, 2.75) is 12.8 Å². The monoisotopic (exact) mass is 432 g/mol. The highest BCUT2D eigenvalue weighted by atomic mass is 19.1. The maximum atomic E-state index is 13.8. The average Bonchev–Trinajstić information content (AvgIpc) is 3.57. The van der Waals surface area contributed by atoms with Gasteiger partial charge in [0, 0.05) is 44.2 Å². The van der Waals surface area contributed by atoms with Crippen molar-refractivity contribution >= 4 is 23.5 Å². The first kappa shape index (κ1) is 20.8. The van der Waals surface area contributed by atoms with Crippen molar-refractivity contribution in [2.75, 3.05) is 31.5 Å². The van der Waals surface area contributed by atoms with Gasteiger partial charge in [-0.3, -0.25) is 14.4 Å². The zero-order valence-corrected chi connectivity index (χ0v) is 16.4. The molecular formula is C21H19F3N4O3. The van der Waals surface area contributed by atoms with Crippen LogP contribution in [0.25, 0.3) is 0 Å². The first-order chi connectivity index (χ1) is 14.8. The summed E-state index contributed by atoms with van der Waals surface area (Å²) in [6, 6.07) is 5.09. The summed E-state index contributed by atoms with van der Waals surface area (Å²) in [6.45, 7) is 1.62. The molecule has 1 aromatic carbocycles. The third kappa shape index (κ3) is 4.52. The Labute approximate surface area is 175 Å². The molecule has 0 unspecified atom stereocenters. The zero-order chi connectivity index (χ0) is 22.1. The van der Waals surface area contributed by atoms with Gasteiger partial charge in [0.15, 0.2) is 0 Å². The minimum Gasteiger partial charge on any atom is -0.339 e. The van der Waals surface area contributed by atoms with Crippen LogP contribution in [0.2, 0.25) is 0 Å². The van der Waals surface area contributed by atoms with E-state index in [1.165, 1.54) is 18.2 Å². The second-order valence-electron chi connectivity index (χ2n) is 7.50. The van der Waals surface area contributed by atoms with Gasteiger partial charge in [0.25, 0.3) is 11.8 Å². The highest BCUT2D eigenvalue weighted by molar-refractivity contribution is 6.04. The van der Waals surface area contributed by atoms with E-state index in [1.54, 1.807) is 9.80 Å². The number of hydrogen-bond donors (Lipinski definition) is 1. The van der Waals surface area contributed by atoms with Crippen molar-refractivity contribution in [3.8, 4) is 0 Å². The Balaban J connectivity index is 1.42. The van der Waals surface area contributed by atoms with Crippen LogP contribution in [-0.4, -0.2) is 58.7 Å². The minimum absolute atomic E-state index is 0.0415. The fourth-order valence-electron chi connectivity index (χ4n) is 3.44. The smallest absolute Gasteiger partial charge is 0.272 e. The molecule has 0 radical (unpaired) electrons. The normalized spacial score (nSPS) is 16.2. The van der Waals surface area contributed by atoms with Crippen LogP contribution in [0.5, 0.6) is 0 Å². The number of nitrogens with one attached hydrogen (secondary N) is 1. The van der Waals surface area contributed by atoms with E-state index < -0.39 is 28.9 Å². The van der Waals surface area contributed by atoms with Crippen LogP contribution in [0, 0.1) is 23.4 Å². The Morgan fingerprint density at radius 3 is 2.16 bits per heavy atom. The number of carbonyl (C=O) groups excluding carboxylic acids is 3. The van der Waals surface area contributed by atoms with Crippen LogP contribution in [0.1, 0.15) is 33.7 Å². The second-order valence-corrected chi connectivity index (χ2v) is 7.50. The lowest BCUT2D eigenvalue weighted by molar-refractivity contribution is -0.134. The number of pyridine rings is 1. The minimum atomic E-state index is -1.35. The van der Waals surface area contributed by atoms with Crippen molar-refractivity contribution in [1.29, 1.82) is 0 Å². The van der Waals surface area contributed by atoms with Gasteiger partial charge in [-0.1, -0.05) is 6.07 Å². The van der Waals surface area contributed by atoms with Gasteiger partial charge in [-0.25, -0.2) is 18.2 Å². The molecule has 2 aliphatic rings. The number of amides is 3. The summed E-state index contributed by atoms with van der Waals surface area (Å²) in [7, 11) is 0. The molecule has 1 aromatic heterocycles. The molecule has 1 aliphatic carbocycles. The predicted molar refractivity (Wildman–Crippen MR) is 104 cm³/mol. The predicted octanol–water partition coefficient (Wildman–Crippen LogP) is 2.45. The van der Waals surface area contributed by atoms with Crippen LogP contribution in [0.4, 0.5) is 19.0 Å². The van der Waals surface area contributed by atoms with Gasteiger partial charge in [0.05, 0.1) is 0 Å². The number of anilines is 1. The SMILES string of the molecule is O=C(Nc1cccc(C(=O)N2CCN(C(=O)C3CC3)CC2)n1)c1c(F)cc(F)cc1F. The standard InChI is InChI=1S/C21H19F3N4O3/c22-13-10-14(23)18(15(24)11-13)19(29)26-17-3-1-2-16(25-17)21(31)28-8-6-27(7-9-28)20(30)12-4-5-12/h1-3,10-12H,4-9H2,(H,25,26,29). The van der Waals surface area contributed by atoms with Crippen LogP contribution in [0.15, 0.2) is 30.3 Å². The van der Waals surface area contributed by atoms with E-state index in [-0.39, 0.29) is 29.2 Å². The quantitative estimate of drug-likeness (QED) is 0.805. The number of carbonyl (C=O) groups is 3. The van der Waals surface area contributed by atoms with Gasteiger partial charge in [-0.2, -0.15) is 0 Å². The summed E-state index contributed by atoms with van der Waals surface area (Å²) in [6.07, 6.45) is 1.85. The van der Waals surface area contributed by atoms with E-state index in [2.05, 4.69) is 10.3 Å². The Bertz CT molecular complexity index is 1030. The molecule has 1 aliphatic heterocycles. The molecule has 10 heteroatoms. The molecular weight excluding hydrogens is 413 g/mol. The Kier molecular flexibility index (Phi) is 5.62. The van der Waals surface area contributed by atoms with Crippen molar-refractivity contribution in [1.82, 2.24) is 14.8 Å². The lowest BCUT2D eigenvalue weighted by Crippen LogP contribution is -2.51. The van der Waals surface area contributed by atoms with Gasteiger partial charge in [0.2, 0.25) is 5.91 Å². The third-order valence-corrected chi connectivity index (χ3v) is 5.25. The third-order valence-electron chi connectivity index (χ3n) is 5.25. The number of aromatic nitrogens is 1. The molecule has 4 rings (SSSR count). The van der Waals surface area contributed by atoms with E-state index in [0.717, 1.165) is 12.8 Å². The number of rotatable bonds is 4. The van der Waals surface area contributed by atoms with Gasteiger partial charge >= 0.3 is 0 Å². The lowest BCUT2D eigenvalue weighted by Gasteiger charge is -2.34. The number of halogens is 3. The largest absolute Gasteiger partial charge is 0.339 e. The van der Waals surface area contributed by atoms with Crippen LogP contribution in [-0.2, 0) is 4.79 Å². The number of piperazine rings is 1. The van der Waals surface area contributed by atoms with Crippen LogP contribution < -0.4 is 5.32 Å². The van der Waals surface area contributed by atoms with E-state index in [1.807, 2.05) is 0 Å². The molecule has 31 heavy (non-hydrogen) atoms. The Morgan fingerprint density at radius 1 is 0.935 bits per heavy atom. The maximum absolute atomic E-state index is 13.8. The summed E-state index contributed by atoms with van der Waals surface area (Å²) < 4.78 is 40.7. The molecule has 1 N–H and O–H groups in total. The van der Waals surface area contributed by atoms with E-state index >= 15 is 0 Å². The van der Waals surface area contributed by atoms with Gasteiger partial charge in [-0.05, 0) is 25.0 Å². The fourth-order valence-corrected chi connectivity index (χ4v) is 3.44. The molecule has 162 valence electrons. The van der Waals surface area contributed by atoms with E-state index in [0.29, 0.717) is 38.3 Å². The van der Waals surface area contributed by atoms with Crippen LogP contribution in [0.3, 0.4) is 0 Å². The van der Waals surface area contributed by atoms with Crippen LogP contribution >= 0.6 is 0 Å². The van der Waals surface area contributed by atoms with Crippen molar-refractivity contribution in [3.63, 3.8) is 0 Å². The maximum Gasteiger partial charge on any atom is 0.272 e. The number of nitrogens with zero attached hydrogens (tertiary/aromatic N) is 3. The summed E-state index contributed by atoms with van der Waals surface area (Å²) in [5.41, 5.74) is -0.906. The summed E-state index contributed by atoms with van der Waals surface area (Å²) in [4.78, 5) is 44.5. The second kappa shape index (κ2) is 8.37. The molecule has 2 heterocycles. The molecule has 1 saturated carbocycles. The van der Waals surface area contributed by atoms with Crippen molar-refractivity contribution < 1.29 is 27.6 Å². The zero-order valence-electron chi connectivity index (χ0n) is 16.4. The van der Waals surface area contributed by atoms with E-state index in [9.17, 15) is 27.6 Å².